The SMILES string of the molecule is CC[C@@H](C)CS(=O)(=O)N(C)CC. The van der Waals surface area contributed by atoms with Gasteiger partial charge in [0.2, 0.25) is 10.0 Å². The molecule has 0 aliphatic heterocycles. The number of hydrogen-bond donors (Lipinski definition) is 0. The van der Waals surface area contributed by atoms with E-state index >= 15 is 0 Å². The van der Waals surface area contributed by atoms with E-state index in [1.165, 1.54) is 4.31 Å². The summed E-state index contributed by atoms with van der Waals surface area (Å²) >= 11 is 0. The third-order valence-corrected chi connectivity index (χ3v) is 4.31. The van der Waals surface area contributed by atoms with E-state index in [-0.39, 0.29) is 11.7 Å². The van der Waals surface area contributed by atoms with Crippen LogP contribution in [0.5, 0.6) is 0 Å². The average molecular weight is 193 g/mol. The highest BCUT2D eigenvalue weighted by Crippen LogP contribution is 2.07. The normalized spacial score (nSPS) is 15.1. The number of rotatable bonds is 5. The highest BCUT2D eigenvalue weighted by molar-refractivity contribution is 7.89. The Morgan fingerprint density at radius 2 is 1.83 bits per heavy atom. The molecule has 0 rings (SSSR count). The van der Waals surface area contributed by atoms with Crippen molar-refractivity contribution in [2.24, 2.45) is 5.92 Å². The van der Waals surface area contributed by atoms with Crippen molar-refractivity contribution in [3.8, 4) is 0 Å². The van der Waals surface area contributed by atoms with E-state index in [0.29, 0.717) is 6.54 Å². The molecule has 0 aromatic rings. The van der Waals surface area contributed by atoms with Crippen molar-refractivity contribution in [3.05, 3.63) is 0 Å². The zero-order chi connectivity index (χ0) is 9.78. The predicted octanol–water partition coefficient (Wildman–Crippen LogP) is 1.31. The second-order valence-electron chi connectivity index (χ2n) is 3.21. The molecule has 0 aromatic carbocycles. The largest absolute Gasteiger partial charge is 0.214 e. The Morgan fingerprint density at radius 3 is 2.17 bits per heavy atom. The molecule has 12 heavy (non-hydrogen) atoms. The lowest BCUT2D eigenvalue weighted by Gasteiger charge is -2.17. The Bertz CT molecular complexity index is 211. The van der Waals surface area contributed by atoms with Gasteiger partial charge in [0, 0.05) is 13.6 Å². The van der Waals surface area contributed by atoms with Gasteiger partial charge in [-0.3, -0.25) is 0 Å². The summed E-state index contributed by atoms with van der Waals surface area (Å²) in [7, 11) is -1.37. The molecule has 1 atom stereocenters. The monoisotopic (exact) mass is 193 g/mol. The van der Waals surface area contributed by atoms with Gasteiger partial charge in [-0.05, 0) is 5.92 Å². The minimum Gasteiger partial charge on any atom is -0.212 e. The molecular weight excluding hydrogens is 174 g/mol. The first-order valence-corrected chi connectivity index (χ1v) is 5.99. The summed E-state index contributed by atoms with van der Waals surface area (Å²) in [6, 6.07) is 0. The molecule has 3 nitrogen and oxygen atoms in total. The lowest BCUT2D eigenvalue weighted by atomic mass is 10.2. The van der Waals surface area contributed by atoms with Crippen LogP contribution in [-0.2, 0) is 10.0 Å². The summed E-state index contributed by atoms with van der Waals surface area (Å²) in [6.07, 6.45) is 0.913. The molecule has 0 spiro atoms. The van der Waals surface area contributed by atoms with Gasteiger partial charge in [0.15, 0.2) is 0 Å². The van der Waals surface area contributed by atoms with Crippen LogP contribution in [0.25, 0.3) is 0 Å². The van der Waals surface area contributed by atoms with Crippen LogP contribution in [0.4, 0.5) is 0 Å². The van der Waals surface area contributed by atoms with Crippen LogP contribution in [0.3, 0.4) is 0 Å². The second-order valence-corrected chi connectivity index (χ2v) is 5.33. The van der Waals surface area contributed by atoms with Gasteiger partial charge < -0.3 is 0 Å². The Labute approximate surface area is 75.8 Å². The van der Waals surface area contributed by atoms with Crippen LogP contribution in [-0.4, -0.2) is 32.1 Å². The van der Waals surface area contributed by atoms with E-state index in [4.69, 9.17) is 0 Å². The molecular formula is C8H19NO2S. The van der Waals surface area contributed by atoms with E-state index in [9.17, 15) is 8.42 Å². The van der Waals surface area contributed by atoms with Crippen LogP contribution in [0.2, 0.25) is 0 Å². The standard InChI is InChI=1S/C8H19NO2S/c1-5-8(3)7-12(10,11)9(4)6-2/h8H,5-7H2,1-4H3/t8-/m1/s1. The second kappa shape index (κ2) is 4.82. The molecule has 0 aliphatic rings. The summed E-state index contributed by atoms with van der Waals surface area (Å²) in [6.45, 7) is 6.36. The molecule has 0 aromatic heterocycles. The van der Waals surface area contributed by atoms with Crippen LogP contribution in [0, 0.1) is 5.92 Å². The molecule has 0 bridgehead atoms. The van der Waals surface area contributed by atoms with Crippen molar-refractivity contribution in [2.75, 3.05) is 19.3 Å². The molecule has 0 saturated carbocycles. The van der Waals surface area contributed by atoms with Crippen LogP contribution >= 0.6 is 0 Å². The Hall–Kier alpha value is -0.0900. The van der Waals surface area contributed by atoms with Gasteiger partial charge in [0.1, 0.15) is 0 Å². The van der Waals surface area contributed by atoms with E-state index in [2.05, 4.69) is 0 Å². The fourth-order valence-electron chi connectivity index (χ4n) is 0.801. The first kappa shape index (κ1) is 11.9. The molecule has 0 heterocycles. The highest BCUT2D eigenvalue weighted by atomic mass is 32.2. The van der Waals surface area contributed by atoms with Gasteiger partial charge in [-0.1, -0.05) is 27.2 Å². The van der Waals surface area contributed by atoms with Crippen LogP contribution in [0.1, 0.15) is 27.2 Å². The van der Waals surface area contributed by atoms with E-state index < -0.39 is 10.0 Å². The maximum Gasteiger partial charge on any atom is 0.214 e. The molecule has 0 saturated heterocycles. The zero-order valence-electron chi connectivity index (χ0n) is 8.37. The molecule has 0 unspecified atom stereocenters. The van der Waals surface area contributed by atoms with Crippen molar-refractivity contribution >= 4 is 10.0 Å². The molecule has 4 heteroatoms. The summed E-state index contributed by atoms with van der Waals surface area (Å²) in [4.78, 5) is 0. The van der Waals surface area contributed by atoms with Crippen molar-refractivity contribution in [1.29, 1.82) is 0 Å². The molecule has 0 amide bonds. The smallest absolute Gasteiger partial charge is 0.212 e. The Balaban J connectivity index is 4.23. The van der Waals surface area contributed by atoms with Gasteiger partial charge in [-0.15, -0.1) is 0 Å². The van der Waals surface area contributed by atoms with Gasteiger partial charge in [-0.2, -0.15) is 0 Å². The molecule has 0 fully saturated rings. The van der Waals surface area contributed by atoms with Gasteiger partial charge in [0.05, 0.1) is 5.75 Å². The quantitative estimate of drug-likeness (QED) is 0.660. The summed E-state index contributed by atoms with van der Waals surface area (Å²) in [5.41, 5.74) is 0. The third kappa shape index (κ3) is 3.54. The maximum atomic E-state index is 11.5. The van der Waals surface area contributed by atoms with E-state index in [0.717, 1.165) is 6.42 Å². The topological polar surface area (TPSA) is 37.4 Å². The minimum absolute atomic E-state index is 0.254. The Kier molecular flexibility index (Phi) is 4.78. The van der Waals surface area contributed by atoms with Gasteiger partial charge in [-0.25, -0.2) is 12.7 Å². The van der Waals surface area contributed by atoms with E-state index in [1.807, 2.05) is 20.8 Å². The Morgan fingerprint density at radius 1 is 1.33 bits per heavy atom. The van der Waals surface area contributed by atoms with E-state index in [1.54, 1.807) is 7.05 Å². The van der Waals surface area contributed by atoms with Crippen molar-refractivity contribution in [3.63, 3.8) is 0 Å². The molecule has 0 radical (unpaired) electrons. The van der Waals surface area contributed by atoms with Crippen LogP contribution in [0.15, 0.2) is 0 Å². The zero-order valence-corrected chi connectivity index (χ0v) is 9.19. The van der Waals surface area contributed by atoms with Crippen LogP contribution < -0.4 is 0 Å². The fraction of sp³-hybridized carbons (Fsp3) is 1.00. The lowest BCUT2D eigenvalue weighted by molar-refractivity contribution is 0.472. The first-order chi connectivity index (χ1) is 5.44. The third-order valence-electron chi connectivity index (χ3n) is 2.11. The molecule has 74 valence electrons. The summed E-state index contributed by atoms with van der Waals surface area (Å²) in [5.74, 6) is 0.525. The highest BCUT2D eigenvalue weighted by Gasteiger charge is 2.18. The molecule has 0 N–H and O–H groups in total. The van der Waals surface area contributed by atoms with Gasteiger partial charge >= 0.3 is 0 Å². The molecule has 0 aliphatic carbocycles. The lowest BCUT2D eigenvalue weighted by Crippen LogP contribution is -2.31. The fourth-order valence-corrected chi connectivity index (χ4v) is 2.40. The summed E-state index contributed by atoms with van der Waals surface area (Å²) in [5, 5.41) is 0. The first-order valence-electron chi connectivity index (χ1n) is 4.38. The number of nitrogens with zero attached hydrogens (tertiary/aromatic N) is 1. The number of sulfonamides is 1. The van der Waals surface area contributed by atoms with Crippen molar-refractivity contribution in [2.45, 2.75) is 27.2 Å². The van der Waals surface area contributed by atoms with Crippen molar-refractivity contribution < 1.29 is 8.42 Å². The predicted molar refractivity (Wildman–Crippen MR) is 51.5 cm³/mol. The maximum absolute atomic E-state index is 11.5. The van der Waals surface area contributed by atoms with Crippen molar-refractivity contribution in [1.82, 2.24) is 4.31 Å². The van der Waals surface area contributed by atoms with Gasteiger partial charge in [0.25, 0.3) is 0 Å². The number of hydrogen-bond acceptors (Lipinski definition) is 2. The summed E-state index contributed by atoms with van der Waals surface area (Å²) < 4.78 is 24.3. The average Bonchev–Trinajstić information content (AvgIpc) is 2.02. The minimum atomic E-state index is -2.99.